The number of hydrogen-bond acceptors (Lipinski definition) is 4. The number of amides is 1. The van der Waals surface area contributed by atoms with Gasteiger partial charge in [-0.1, -0.05) is 18.2 Å². The standard InChI is InChI=1S/C22H24FN3O2/c1-24(14-16-7-3-4-8-19(16)25-11-5-2-6-12-25)15-26-20-10-9-17(23)13-18(20)21(27)22(26)28/h3-4,7-10,13H,2,5-6,11-12,14-15H2,1H3. The molecule has 0 unspecified atom stereocenters. The highest BCUT2D eigenvalue weighted by Gasteiger charge is 2.36. The highest BCUT2D eigenvalue weighted by atomic mass is 19.1. The van der Waals surface area contributed by atoms with Crippen LogP contribution in [0.3, 0.4) is 0 Å². The van der Waals surface area contributed by atoms with Gasteiger partial charge in [0.05, 0.1) is 17.9 Å². The van der Waals surface area contributed by atoms with Crippen LogP contribution in [0.15, 0.2) is 42.5 Å². The van der Waals surface area contributed by atoms with Crippen LogP contribution in [0.4, 0.5) is 15.8 Å². The predicted octanol–water partition coefficient (Wildman–Crippen LogP) is 3.43. The summed E-state index contributed by atoms with van der Waals surface area (Å²) in [6, 6.07) is 12.3. The second-order valence-corrected chi connectivity index (χ2v) is 7.56. The number of carbonyl (C=O) groups excluding carboxylic acids is 2. The fourth-order valence-corrected chi connectivity index (χ4v) is 4.08. The van der Waals surface area contributed by atoms with Crippen LogP contribution in [0.5, 0.6) is 0 Å². The van der Waals surface area contributed by atoms with Crippen LogP contribution in [0.1, 0.15) is 35.2 Å². The topological polar surface area (TPSA) is 43.9 Å². The first-order chi connectivity index (χ1) is 13.5. The van der Waals surface area contributed by atoms with E-state index in [9.17, 15) is 14.0 Å². The molecule has 0 atom stereocenters. The lowest BCUT2D eigenvalue weighted by atomic mass is 10.1. The van der Waals surface area contributed by atoms with E-state index in [0.29, 0.717) is 12.2 Å². The molecule has 146 valence electrons. The van der Waals surface area contributed by atoms with Crippen LogP contribution in [0, 0.1) is 5.82 Å². The number of halogens is 1. The van der Waals surface area contributed by atoms with Gasteiger partial charge in [-0.05, 0) is 56.1 Å². The van der Waals surface area contributed by atoms with Gasteiger partial charge in [0.1, 0.15) is 5.82 Å². The minimum Gasteiger partial charge on any atom is -0.371 e. The van der Waals surface area contributed by atoms with Crippen molar-refractivity contribution in [2.24, 2.45) is 0 Å². The molecule has 0 N–H and O–H groups in total. The largest absolute Gasteiger partial charge is 0.371 e. The molecule has 0 aliphatic carbocycles. The van der Waals surface area contributed by atoms with Crippen LogP contribution in [-0.2, 0) is 11.3 Å². The van der Waals surface area contributed by atoms with Crippen LogP contribution in [0.2, 0.25) is 0 Å². The fraction of sp³-hybridized carbons (Fsp3) is 0.364. The molecule has 0 spiro atoms. The van der Waals surface area contributed by atoms with Crippen molar-refractivity contribution >= 4 is 23.1 Å². The van der Waals surface area contributed by atoms with Crippen LogP contribution in [-0.4, -0.2) is 43.4 Å². The minimum atomic E-state index is -0.642. The minimum absolute atomic E-state index is 0.145. The Hall–Kier alpha value is -2.73. The van der Waals surface area contributed by atoms with Gasteiger partial charge in [0, 0.05) is 25.3 Å². The van der Waals surface area contributed by atoms with E-state index in [4.69, 9.17) is 0 Å². The number of hydrogen-bond donors (Lipinski definition) is 0. The van der Waals surface area contributed by atoms with Gasteiger partial charge in [-0.3, -0.25) is 19.4 Å². The van der Waals surface area contributed by atoms with Crippen molar-refractivity contribution in [2.45, 2.75) is 25.8 Å². The first kappa shape index (κ1) is 18.6. The second kappa shape index (κ2) is 7.72. The van der Waals surface area contributed by atoms with E-state index in [1.54, 1.807) is 0 Å². The summed E-state index contributed by atoms with van der Waals surface area (Å²) in [6.45, 7) is 3.07. The number of Topliss-reactive ketones (excluding diaryl/α,β-unsaturated/α-hetero) is 1. The van der Waals surface area contributed by atoms with Crippen molar-refractivity contribution in [2.75, 3.05) is 36.6 Å². The lowest BCUT2D eigenvalue weighted by Gasteiger charge is -2.32. The molecule has 5 nitrogen and oxygen atoms in total. The molecular weight excluding hydrogens is 357 g/mol. The summed E-state index contributed by atoms with van der Waals surface area (Å²) < 4.78 is 13.5. The van der Waals surface area contributed by atoms with Crippen LogP contribution in [0.25, 0.3) is 0 Å². The third kappa shape index (κ3) is 3.52. The molecule has 2 aliphatic heterocycles. The van der Waals surface area contributed by atoms with Gasteiger partial charge in [0.2, 0.25) is 0 Å². The van der Waals surface area contributed by atoms with Crippen molar-refractivity contribution in [3.63, 3.8) is 0 Å². The Balaban J connectivity index is 1.51. The third-order valence-corrected chi connectivity index (χ3v) is 5.44. The maximum Gasteiger partial charge on any atom is 0.300 e. The van der Waals surface area contributed by atoms with Crippen molar-refractivity contribution < 1.29 is 14.0 Å². The van der Waals surface area contributed by atoms with Gasteiger partial charge in [-0.15, -0.1) is 0 Å². The van der Waals surface area contributed by atoms with Gasteiger partial charge in [-0.2, -0.15) is 0 Å². The molecule has 2 aliphatic rings. The van der Waals surface area contributed by atoms with Crippen molar-refractivity contribution in [3.05, 3.63) is 59.4 Å². The number of benzene rings is 2. The number of fused-ring (bicyclic) bond motifs is 1. The average Bonchev–Trinajstić information content (AvgIpc) is 2.93. The maximum absolute atomic E-state index is 13.5. The number of anilines is 2. The van der Waals surface area contributed by atoms with Gasteiger partial charge < -0.3 is 4.90 Å². The molecular formula is C22H24FN3O2. The van der Waals surface area contributed by atoms with E-state index in [1.807, 2.05) is 18.0 Å². The molecule has 4 rings (SSSR count). The van der Waals surface area contributed by atoms with Crippen molar-refractivity contribution in [1.29, 1.82) is 0 Å². The molecule has 2 aromatic rings. The van der Waals surface area contributed by atoms with Gasteiger partial charge >= 0.3 is 5.91 Å². The Morgan fingerprint density at radius 1 is 1.00 bits per heavy atom. The number of rotatable bonds is 5. The van der Waals surface area contributed by atoms with Crippen molar-refractivity contribution in [3.8, 4) is 0 Å². The molecule has 28 heavy (non-hydrogen) atoms. The van der Waals surface area contributed by atoms with E-state index < -0.39 is 17.5 Å². The highest BCUT2D eigenvalue weighted by molar-refractivity contribution is 6.52. The first-order valence-electron chi connectivity index (χ1n) is 9.72. The fourth-order valence-electron chi connectivity index (χ4n) is 4.08. The van der Waals surface area contributed by atoms with Crippen molar-refractivity contribution in [1.82, 2.24) is 4.90 Å². The summed E-state index contributed by atoms with van der Waals surface area (Å²) in [5.41, 5.74) is 3.06. The quantitative estimate of drug-likeness (QED) is 0.745. The van der Waals surface area contributed by atoms with E-state index in [0.717, 1.165) is 19.2 Å². The molecule has 1 saturated heterocycles. The number of ketones is 1. The Kier molecular flexibility index (Phi) is 5.13. The summed E-state index contributed by atoms with van der Waals surface area (Å²) in [4.78, 5) is 30.4. The van der Waals surface area contributed by atoms with E-state index >= 15 is 0 Å². The molecule has 6 heteroatoms. The number of carbonyl (C=O) groups is 2. The lowest BCUT2D eigenvalue weighted by molar-refractivity contribution is -0.114. The summed E-state index contributed by atoms with van der Waals surface area (Å²) in [7, 11) is 1.92. The number of nitrogens with zero attached hydrogens (tertiary/aromatic N) is 3. The van der Waals surface area contributed by atoms with Crippen LogP contribution < -0.4 is 9.80 Å². The number of piperidine rings is 1. The number of para-hydroxylation sites is 1. The SMILES string of the molecule is CN(Cc1ccccc1N1CCCCC1)CN1C(=O)C(=O)c2cc(F)ccc21. The Bertz CT molecular complexity index is 908. The summed E-state index contributed by atoms with van der Waals surface area (Å²) in [5, 5.41) is 0. The van der Waals surface area contributed by atoms with Gasteiger partial charge in [0.15, 0.2) is 0 Å². The summed E-state index contributed by atoms with van der Waals surface area (Å²) in [5.74, 6) is -1.75. The van der Waals surface area contributed by atoms with Gasteiger partial charge in [0.25, 0.3) is 5.78 Å². The molecule has 2 heterocycles. The Morgan fingerprint density at radius 3 is 2.54 bits per heavy atom. The molecule has 1 amide bonds. The second-order valence-electron chi connectivity index (χ2n) is 7.56. The molecule has 0 bridgehead atoms. The average molecular weight is 381 g/mol. The zero-order valence-electron chi connectivity index (χ0n) is 16.0. The van der Waals surface area contributed by atoms with E-state index in [2.05, 4.69) is 23.1 Å². The summed E-state index contributed by atoms with van der Waals surface area (Å²) >= 11 is 0. The highest BCUT2D eigenvalue weighted by Crippen LogP contribution is 2.30. The zero-order chi connectivity index (χ0) is 19.7. The smallest absolute Gasteiger partial charge is 0.300 e. The Morgan fingerprint density at radius 2 is 1.75 bits per heavy atom. The molecule has 1 fully saturated rings. The predicted molar refractivity (Wildman–Crippen MR) is 107 cm³/mol. The third-order valence-electron chi connectivity index (χ3n) is 5.44. The van der Waals surface area contributed by atoms with Gasteiger partial charge in [-0.25, -0.2) is 4.39 Å². The normalized spacial score (nSPS) is 16.8. The first-order valence-corrected chi connectivity index (χ1v) is 9.72. The molecule has 0 aromatic heterocycles. The maximum atomic E-state index is 13.5. The van der Waals surface area contributed by atoms with E-state index in [-0.39, 0.29) is 12.2 Å². The van der Waals surface area contributed by atoms with E-state index in [1.165, 1.54) is 47.5 Å². The van der Waals surface area contributed by atoms with Crippen LogP contribution >= 0.6 is 0 Å². The lowest BCUT2D eigenvalue weighted by Crippen LogP contribution is -2.39. The molecule has 0 saturated carbocycles. The summed E-state index contributed by atoms with van der Waals surface area (Å²) in [6.07, 6.45) is 3.70. The Labute approximate surface area is 164 Å². The molecule has 2 aromatic carbocycles. The zero-order valence-corrected chi connectivity index (χ0v) is 16.0. The molecule has 0 radical (unpaired) electrons. The monoisotopic (exact) mass is 381 g/mol.